The van der Waals surface area contributed by atoms with E-state index < -0.39 is 23.7 Å². The maximum atomic E-state index is 12.0. The number of aliphatic hydroxyl groups is 2. The van der Waals surface area contributed by atoms with Crippen LogP contribution in [0.4, 0.5) is 5.69 Å². The fraction of sp³-hybridized carbons (Fsp3) is 0.588. The molecule has 0 aliphatic rings. The molecular formula is C17H25BrN2O5. The molecule has 2 atom stereocenters. The summed E-state index contributed by atoms with van der Waals surface area (Å²) in [6.07, 6.45) is 4.28. The number of hydrogen-bond donors (Lipinski definition) is 3. The summed E-state index contributed by atoms with van der Waals surface area (Å²) in [5.74, 6) is -0.222. The molecule has 0 bridgehead atoms. The lowest BCUT2D eigenvalue weighted by Gasteiger charge is -2.22. The van der Waals surface area contributed by atoms with Crippen LogP contribution >= 0.6 is 15.9 Å². The predicted octanol–water partition coefficient (Wildman–Crippen LogP) is 2.84. The number of non-ortho nitro benzene ring substituents is 1. The van der Waals surface area contributed by atoms with Crippen LogP contribution in [0.5, 0.6) is 0 Å². The number of nitrogens with zero attached hydrogens (tertiary/aromatic N) is 1. The number of amides is 1. The lowest BCUT2D eigenvalue weighted by molar-refractivity contribution is -0.384. The van der Waals surface area contributed by atoms with Gasteiger partial charge in [-0.05, 0) is 30.5 Å². The van der Waals surface area contributed by atoms with Crippen molar-refractivity contribution in [3.63, 3.8) is 0 Å². The van der Waals surface area contributed by atoms with Crippen molar-refractivity contribution in [3.8, 4) is 0 Å². The molecule has 0 aliphatic carbocycles. The molecule has 7 nitrogen and oxygen atoms in total. The molecule has 140 valence electrons. The molecule has 1 aromatic rings. The number of carbonyl (C=O) groups excluding carboxylic acids is 1. The van der Waals surface area contributed by atoms with E-state index in [0.29, 0.717) is 12.0 Å². The van der Waals surface area contributed by atoms with Gasteiger partial charge in [0.25, 0.3) is 5.69 Å². The van der Waals surface area contributed by atoms with Gasteiger partial charge in [0.1, 0.15) is 6.10 Å². The lowest BCUT2D eigenvalue weighted by atomic mass is 10.0. The number of rotatable bonds is 12. The highest BCUT2D eigenvalue weighted by molar-refractivity contribution is 9.09. The van der Waals surface area contributed by atoms with E-state index in [1.807, 2.05) is 0 Å². The molecule has 0 unspecified atom stereocenters. The van der Waals surface area contributed by atoms with Crippen molar-refractivity contribution < 1.29 is 19.9 Å². The van der Waals surface area contributed by atoms with Crippen LogP contribution in [0.3, 0.4) is 0 Å². The minimum absolute atomic E-state index is 0.0829. The van der Waals surface area contributed by atoms with Crippen LogP contribution in [-0.4, -0.2) is 39.0 Å². The largest absolute Gasteiger partial charge is 0.394 e. The molecule has 8 heteroatoms. The van der Waals surface area contributed by atoms with E-state index in [0.717, 1.165) is 37.4 Å². The van der Waals surface area contributed by atoms with Gasteiger partial charge in [0.15, 0.2) is 0 Å². The van der Waals surface area contributed by atoms with E-state index in [4.69, 9.17) is 0 Å². The molecule has 1 amide bonds. The number of unbranched alkanes of at least 4 members (excludes halogenated alkanes) is 4. The van der Waals surface area contributed by atoms with Crippen molar-refractivity contribution in [1.82, 2.24) is 5.32 Å². The van der Waals surface area contributed by atoms with E-state index in [9.17, 15) is 25.1 Å². The second-order valence-electron chi connectivity index (χ2n) is 5.86. The summed E-state index contributed by atoms with van der Waals surface area (Å²) in [4.78, 5) is 22.1. The SMILES string of the molecule is O=C(CCCCCCCBr)N[C@H](CO)[C@H](O)c1ccc([N+](=O)[O-])cc1. The van der Waals surface area contributed by atoms with Crippen LogP contribution in [0, 0.1) is 10.1 Å². The van der Waals surface area contributed by atoms with Gasteiger partial charge in [-0.3, -0.25) is 14.9 Å². The highest BCUT2D eigenvalue weighted by Gasteiger charge is 2.22. The zero-order valence-corrected chi connectivity index (χ0v) is 15.7. The minimum Gasteiger partial charge on any atom is -0.394 e. The number of benzene rings is 1. The van der Waals surface area contributed by atoms with E-state index in [-0.39, 0.29) is 11.6 Å². The maximum Gasteiger partial charge on any atom is 0.269 e. The number of nitrogens with one attached hydrogen (secondary N) is 1. The summed E-state index contributed by atoms with van der Waals surface area (Å²) >= 11 is 3.38. The Hall–Kier alpha value is -1.51. The van der Waals surface area contributed by atoms with E-state index >= 15 is 0 Å². The first-order valence-corrected chi connectivity index (χ1v) is 9.50. The van der Waals surface area contributed by atoms with Crippen molar-refractivity contribution in [1.29, 1.82) is 0 Å². The third-order valence-electron chi connectivity index (χ3n) is 3.91. The van der Waals surface area contributed by atoms with Crippen molar-refractivity contribution in [3.05, 3.63) is 39.9 Å². The van der Waals surface area contributed by atoms with E-state index in [2.05, 4.69) is 21.2 Å². The molecule has 0 heterocycles. The third kappa shape index (κ3) is 7.94. The second-order valence-corrected chi connectivity index (χ2v) is 6.65. The number of nitro groups is 1. The van der Waals surface area contributed by atoms with Crippen LogP contribution in [-0.2, 0) is 4.79 Å². The normalized spacial score (nSPS) is 13.2. The zero-order chi connectivity index (χ0) is 18.7. The van der Waals surface area contributed by atoms with Gasteiger partial charge >= 0.3 is 0 Å². The van der Waals surface area contributed by atoms with Gasteiger partial charge in [-0.2, -0.15) is 0 Å². The Labute approximate surface area is 155 Å². The molecule has 25 heavy (non-hydrogen) atoms. The standard InChI is InChI=1S/C17H25BrN2O5/c18-11-5-3-1-2-4-6-16(22)19-15(12-21)17(23)13-7-9-14(10-8-13)20(24)25/h7-10,15,17,21,23H,1-6,11-12H2,(H,19,22)/t15-,17-/m1/s1. The third-order valence-corrected chi connectivity index (χ3v) is 4.47. The average molecular weight is 417 g/mol. The summed E-state index contributed by atoms with van der Waals surface area (Å²) in [5.41, 5.74) is 0.320. The first-order valence-electron chi connectivity index (χ1n) is 8.38. The summed E-state index contributed by atoms with van der Waals surface area (Å²) in [5, 5.41) is 34.0. The Balaban J connectivity index is 2.45. The average Bonchev–Trinajstić information content (AvgIpc) is 2.62. The molecule has 1 rings (SSSR count). The predicted molar refractivity (Wildman–Crippen MR) is 98.6 cm³/mol. The maximum absolute atomic E-state index is 12.0. The van der Waals surface area contributed by atoms with Gasteiger partial charge in [0.05, 0.1) is 17.6 Å². The number of aliphatic hydroxyl groups excluding tert-OH is 2. The van der Waals surface area contributed by atoms with Gasteiger partial charge in [-0.15, -0.1) is 0 Å². The minimum atomic E-state index is -1.13. The van der Waals surface area contributed by atoms with Crippen LogP contribution in [0.25, 0.3) is 0 Å². The van der Waals surface area contributed by atoms with Gasteiger partial charge in [0, 0.05) is 23.9 Å². The Morgan fingerprint density at radius 1 is 1.16 bits per heavy atom. The molecule has 0 aromatic heterocycles. The molecule has 0 aliphatic heterocycles. The molecule has 0 saturated carbocycles. The van der Waals surface area contributed by atoms with Crippen molar-refractivity contribution in [2.75, 3.05) is 11.9 Å². The van der Waals surface area contributed by atoms with Gasteiger partial charge < -0.3 is 15.5 Å². The summed E-state index contributed by atoms with van der Waals surface area (Å²) in [7, 11) is 0. The van der Waals surface area contributed by atoms with Crippen molar-refractivity contribution in [2.45, 2.75) is 50.7 Å². The monoisotopic (exact) mass is 416 g/mol. The quantitative estimate of drug-likeness (QED) is 0.210. The Bertz CT molecular complexity index is 538. The summed E-state index contributed by atoms with van der Waals surface area (Å²) in [6, 6.07) is 4.55. The molecule has 1 aromatic carbocycles. The van der Waals surface area contributed by atoms with Gasteiger partial charge in [-0.1, -0.05) is 35.2 Å². The van der Waals surface area contributed by atoms with Crippen molar-refractivity contribution in [2.24, 2.45) is 0 Å². The zero-order valence-electron chi connectivity index (χ0n) is 14.1. The van der Waals surface area contributed by atoms with Gasteiger partial charge in [-0.25, -0.2) is 0 Å². The fourth-order valence-corrected chi connectivity index (χ4v) is 2.84. The van der Waals surface area contributed by atoms with Crippen LogP contribution in [0.2, 0.25) is 0 Å². The topological polar surface area (TPSA) is 113 Å². The summed E-state index contributed by atoms with van der Waals surface area (Å²) in [6.45, 7) is -0.421. The Morgan fingerprint density at radius 2 is 1.76 bits per heavy atom. The number of hydrogen-bond acceptors (Lipinski definition) is 5. The highest BCUT2D eigenvalue weighted by atomic mass is 79.9. The summed E-state index contributed by atoms with van der Waals surface area (Å²) < 4.78 is 0. The number of alkyl halides is 1. The van der Waals surface area contributed by atoms with E-state index in [1.54, 1.807) is 0 Å². The van der Waals surface area contributed by atoms with Crippen molar-refractivity contribution >= 4 is 27.5 Å². The smallest absolute Gasteiger partial charge is 0.269 e. The first-order chi connectivity index (χ1) is 12.0. The molecule has 0 spiro atoms. The molecular weight excluding hydrogens is 392 g/mol. The number of carbonyl (C=O) groups is 1. The van der Waals surface area contributed by atoms with Crippen LogP contribution in [0.15, 0.2) is 24.3 Å². The van der Waals surface area contributed by atoms with Crippen LogP contribution < -0.4 is 5.32 Å². The van der Waals surface area contributed by atoms with E-state index in [1.165, 1.54) is 24.3 Å². The Kier molecular flexibility index (Phi) is 10.3. The second kappa shape index (κ2) is 11.9. The number of halogens is 1. The molecule has 0 radical (unpaired) electrons. The van der Waals surface area contributed by atoms with Crippen LogP contribution in [0.1, 0.15) is 50.2 Å². The molecule has 0 fully saturated rings. The fourth-order valence-electron chi connectivity index (χ4n) is 2.44. The first kappa shape index (κ1) is 21.5. The molecule has 3 N–H and O–H groups in total. The Morgan fingerprint density at radius 3 is 2.32 bits per heavy atom. The molecule has 0 saturated heterocycles. The van der Waals surface area contributed by atoms with Gasteiger partial charge in [0.2, 0.25) is 5.91 Å². The number of nitro benzene ring substituents is 1. The lowest BCUT2D eigenvalue weighted by Crippen LogP contribution is -2.41. The highest BCUT2D eigenvalue weighted by Crippen LogP contribution is 2.20.